The van der Waals surface area contributed by atoms with E-state index >= 15 is 0 Å². The van der Waals surface area contributed by atoms with Crippen molar-refractivity contribution in [1.29, 1.82) is 0 Å². The van der Waals surface area contributed by atoms with Crippen molar-refractivity contribution in [1.82, 2.24) is 14.5 Å². The zero-order valence-electron chi connectivity index (χ0n) is 15.7. The summed E-state index contributed by atoms with van der Waals surface area (Å²) in [5.74, 6) is -1.33. The molecule has 2 bridgehead atoms. The number of imide groups is 1. The molecule has 3 aliphatic heterocycles. The third-order valence-electron chi connectivity index (χ3n) is 5.97. The average Bonchev–Trinajstić information content (AvgIpc) is 3.15. The predicted molar refractivity (Wildman–Crippen MR) is 99.4 cm³/mol. The second kappa shape index (κ2) is 7.49. The predicted octanol–water partition coefficient (Wildman–Crippen LogP) is 0.775. The van der Waals surface area contributed by atoms with Crippen LogP contribution in [-0.4, -0.2) is 60.6 Å². The molecular formula is C19H22FN3O5S. The lowest BCUT2D eigenvalue weighted by atomic mass is 9.96. The number of benzene rings is 1. The Kier molecular flexibility index (Phi) is 5.16. The first-order chi connectivity index (χ1) is 13.8. The summed E-state index contributed by atoms with van der Waals surface area (Å²) in [6.45, 7) is -0.419. The van der Waals surface area contributed by atoms with Gasteiger partial charge in [-0.15, -0.1) is 0 Å². The lowest BCUT2D eigenvalue weighted by Gasteiger charge is -2.41. The molecule has 3 fully saturated rings. The van der Waals surface area contributed by atoms with Gasteiger partial charge in [0, 0.05) is 31.0 Å². The fourth-order valence-electron chi connectivity index (χ4n) is 4.73. The number of sulfonamides is 1. The molecule has 3 saturated heterocycles. The Balaban J connectivity index is 1.40. The molecular weight excluding hydrogens is 401 g/mol. The maximum Gasteiger partial charge on any atom is 0.241 e. The normalized spacial score (nSPS) is 27.0. The maximum atomic E-state index is 13.3. The molecule has 156 valence electrons. The quantitative estimate of drug-likeness (QED) is 0.705. The second-order valence-electron chi connectivity index (χ2n) is 7.75. The monoisotopic (exact) mass is 423 g/mol. The minimum atomic E-state index is -4.00. The van der Waals surface area contributed by atoms with Gasteiger partial charge in [-0.3, -0.25) is 19.3 Å². The van der Waals surface area contributed by atoms with E-state index in [1.54, 1.807) is 4.90 Å². The Morgan fingerprint density at radius 2 is 1.69 bits per heavy atom. The Morgan fingerprint density at radius 3 is 2.28 bits per heavy atom. The maximum absolute atomic E-state index is 13.3. The molecule has 8 nitrogen and oxygen atoms in total. The van der Waals surface area contributed by atoms with Crippen LogP contribution in [0.15, 0.2) is 29.2 Å². The zero-order chi connectivity index (χ0) is 20.8. The van der Waals surface area contributed by atoms with Crippen LogP contribution < -0.4 is 4.72 Å². The van der Waals surface area contributed by atoms with Gasteiger partial charge in [-0.1, -0.05) is 6.07 Å². The van der Waals surface area contributed by atoms with Crippen molar-refractivity contribution in [3.05, 3.63) is 30.1 Å². The van der Waals surface area contributed by atoms with Gasteiger partial charge in [-0.25, -0.2) is 17.5 Å². The van der Waals surface area contributed by atoms with Crippen LogP contribution in [0.2, 0.25) is 0 Å². The lowest BCUT2D eigenvalue weighted by Crippen LogP contribution is -2.55. The zero-order valence-corrected chi connectivity index (χ0v) is 16.5. The smallest absolute Gasteiger partial charge is 0.241 e. The van der Waals surface area contributed by atoms with E-state index in [0.29, 0.717) is 12.8 Å². The molecule has 2 unspecified atom stereocenters. The van der Waals surface area contributed by atoms with Gasteiger partial charge in [-0.2, -0.15) is 0 Å². The van der Waals surface area contributed by atoms with E-state index in [1.807, 2.05) is 0 Å². The highest BCUT2D eigenvalue weighted by Gasteiger charge is 2.47. The molecule has 3 amide bonds. The molecule has 1 N–H and O–H groups in total. The molecule has 1 aromatic carbocycles. The van der Waals surface area contributed by atoms with Crippen LogP contribution >= 0.6 is 0 Å². The summed E-state index contributed by atoms with van der Waals surface area (Å²) in [7, 11) is -4.00. The summed E-state index contributed by atoms with van der Waals surface area (Å²) in [6, 6.07) is 4.15. The highest BCUT2D eigenvalue weighted by atomic mass is 32.2. The van der Waals surface area contributed by atoms with Gasteiger partial charge >= 0.3 is 0 Å². The van der Waals surface area contributed by atoms with E-state index in [4.69, 9.17) is 0 Å². The number of halogens is 1. The van der Waals surface area contributed by atoms with Gasteiger partial charge in [0.25, 0.3) is 0 Å². The molecule has 0 radical (unpaired) electrons. The number of carbonyl (C=O) groups is 3. The molecule has 0 saturated carbocycles. The summed E-state index contributed by atoms with van der Waals surface area (Å²) in [6.07, 6.45) is 3.07. The molecule has 0 aromatic heterocycles. The molecule has 10 heteroatoms. The number of nitrogens with one attached hydrogen (secondary N) is 1. The van der Waals surface area contributed by atoms with E-state index in [1.165, 1.54) is 17.0 Å². The van der Waals surface area contributed by atoms with E-state index in [0.717, 1.165) is 25.0 Å². The standard InChI is InChI=1S/C19H22FN3O5S/c20-12-2-1-3-16(8-12)29(27,28)21-11-19(26)22-13-4-5-14(22)10-15(9-13)23-17(24)6-7-18(23)25/h1-3,8,13-15,21H,4-7,9-11H2. The minimum Gasteiger partial charge on any atom is -0.335 e. The first-order valence-corrected chi connectivity index (χ1v) is 11.2. The minimum absolute atomic E-state index is 0.119. The van der Waals surface area contributed by atoms with E-state index in [-0.39, 0.29) is 53.6 Å². The number of rotatable bonds is 5. The summed E-state index contributed by atoms with van der Waals surface area (Å²) in [5, 5.41) is 0. The van der Waals surface area contributed by atoms with E-state index in [2.05, 4.69) is 4.72 Å². The largest absolute Gasteiger partial charge is 0.335 e. The SMILES string of the molecule is O=C1CCC(=O)N1C1CC2CCC(C1)N2C(=O)CNS(=O)(=O)c1cccc(F)c1. The number of fused-ring (bicyclic) bond motifs is 2. The number of carbonyl (C=O) groups excluding carboxylic acids is 3. The van der Waals surface area contributed by atoms with Crippen molar-refractivity contribution in [2.45, 2.75) is 61.5 Å². The van der Waals surface area contributed by atoms with Crippen molar-refractivity contribution in [2.75, 3.05) is 6.54 Å². The third-order valence-corrected chi connectivity index (χ3v) is 7.37. The molecule has 2 atom stereocenters. The fraction of sp³-hybridized carbons (Fsp3) is 0.526. The first-order valence-electron chi connectivity index (χ1n) is 9.67. The number of amides is 3. The van der Waals surface area contributed by atoms with Gasteiger partial charge < -0.3 is 4.90 Å². The van der Waals surface area contributed by atoms with Gasteiger partial charge in [0.1, 0.15) is 5.82 Å². The van der Waals surface area contributed by atoms with Crippen LogP contribution in [0.3, 0.4) is 0 Å². The summed E-state index contributed by atoms with van der Waals surface area (Å²) in [4.78, 5) is 39.6. The molecule has 29 heavy (non-hydrogen) atoms. The lowest BCUT2D eigenvalue weighted by molar-refractivity contribution is -0.144. The number of piperidine rings is 1. The van der Waals surface area contributed by atoms with Crippen LogP contribution in [0.25, 0.3) is 0 Å². The Hall–Kier alpha value is -2.33. The number of likely N-dealkylation sites (tertiary alicyclic amines) is 1. The summed E-state index contributed by atoms with van der Waals surface area (Å²) >= 11 is 0. The van der Waals surface area contributed by atoms with Gasteiger partial charge in [-0.05, 0) is 43.9 Å². The van der Waals surface area contributed by atoms with Gasteiger partial charge in [0.05, 0.1) is 11.4 Å². The molecule has 4 rings (SSSR count). The Labute approximate surface area is 168 Å². The van der Waals surface area contributed by atoms with Crippen LogP contribution in [0.4, 0.5) is 4.39 Å². The molecule has 3 aliphatic rings. The van der Waals surface area contributed by atoms with Gasteiger partial charge in [0.15, 0.2) is 0 Å². The fourth-order valence-corrected chi connectivity index (χ4v) is 5.74. The van der Waals surface area contributed by atoms with Crippen molar-refractivity contribution in [3.63, 3.8) is 0 Å². The van der Waals surface area contributed by atoms with Crippen LogP contribution in [0.5, 0.6) is 0 Å². The van der Waals surface area contributed by atoms with Crippen molar-refractivity contribution in [3.8, 4) is 0 Å². The highest BCUT2D eigenvalue weighted by molar-refractivity contribution is 7.89. The molecule has 1 aromatic rings. The Morgan fingerprint density at radius 1 is 1.07 bits per heavy atom. The number of hydrogen-bond acceptors (Lipinski definition) is 5. The third kappa shape index (κ3) is 3.78. The highest BCUT2D eigenvalue weighted by Crippen LogP contribution is 2.38. The van der Waals surface area contributed by atoms with Crippen LogP contribution in [-0.2, 0) is 24.4 Å². The summed E-state index contributed by atoms with van der Waals surface area (Å²) < 4.78 is 40.2. The van der Waals surface area contributed by atoms with Crippen LogP contribution in [0, 0.1) is 5.82 Å². The first kappa shape index (κ1) is 20.0. The van der Waals surface area contributed by atoms with Crippen molar-refractivity contribution >= 4 is 27.7 Å². The molecule has 3 heterocycles. The average molecular weight is 423 g/mol. The van der Waals surface area contributed by atoms with Crippen LogP contribution in [0.1, 0.15) is 38.5 Å². The molecule has 0 spiro atoms. The number of nitrogens with zero attached hydrogens (tertiary/aromatic N) is 2. The van der Waals surface area contributed by atoms with Crippen molar-refractivity contribution in [2.24, 2.45) is 0 Å². The van der Waals surface area contributed by atoms with E-state index in [9.17, 15) is 27.2 Å². The van der Waals surface area contributed by atoms with E-state index < -0.39 is 22.4 Å². The summed E-state index contributed by atoms with van der Waals surface area (Å²) in [5.41, 5.74) is 0. The Bertz CT molecular complexity index is 936. The second-order valence-corrected chi connectivity index (χ2v) is 9.52. The topological polar surface area (TPSA) is 104 Å². The number of hydrogen-bond donors (Lipinski definition) is 1. The van der Waals surface area contributed by atoms with Crippen molar-refractivity contribution < 1.29 is 27.2 Å². The molecule has 0 aliphatic carbocycles. The van der Waals surface area contributed by atoms with Gasteiger partial charge in [0.2, 0.25) is 27.7 Å².